The van der Waals surface area contributed by atoms with E-state index >= 15 is 0 Å². The molecule has 0 saturated carbocycles. The lowest BCUT2D eigenvalue weighted by Gasteiger charge is -2.13. The summed E-state index contributed by atoms with van der Waals surface area (Å²) in [5.74, 6) is 0.643. The third-order valence-electron chi connectivity index (χ3n) is 2.53. The fraction of sp³-hybridized carbons (Fsp3) is 0.462. The van der Waals surface area contributed by atoms with Crippen LogP contribution in [0.3, 0.4) is 0 Å². The molecule has 0 aliphatic rings. The zero-order valence-electron chi connectivity index (χ0n) is 10.9. The molecular weight excluding hydrogens is 251 g/mol. The van der Waals surface area contributed by atoms with Crippen LogP contribution in [0.15, 0.2) is 24.3 Å². The summed E-state index contributed by atoms with van der Waals surface area (Å²) in [4.78, 5) is 11.3. The van der Waals surface area contributed by atoms with Gasteiger partial charge in [-0.3, -0.25) is 4.39 Å². The van der Waals surface area contributed by atoms with Gasteiger partial charge in [-0.15, -0.1) is 0 Å². The van der Waals surface area contributed by atoms with Gasteiger partial charge in [0, 0.05) is 13.1 Å². The number of halogens is 1. The molecule has 19 heavy (non-hydrogen) atoms. The summed E-state index contributed by atoms with van der Waals surface area (Å²) in [6.45, 7) is -0.112. The van der Waals surface area contributed by atoms with Crippen LogP contribution in [0, 0.1) is 0 Å². The number of ether oxygens (including phenoxy) is 1. The number of amides is 2. The van der Waals surface area contributed by atoms with E-state index in [2.05, 4.69) is 10.6 Å². The van der Waals surface area contributed by atoms with Crippen molar-refractivity contribution in [3.05, 3.63) is 29.8 Å². The van der Waals surface area contributed by atoms with Gasteiger partial charge in [-0.05, 0) is 24.1 Å². The molecule has 1 unspecified atom stereocenters. The van der Waals surface area contributed by atoms with Crippen molar-refractivity contribution in [2.75, 3.05) is 26.9 Å². The van der Waals surface area contributed by atoms with Crippen LogP contribution < -0.4 is 15.4 Å². The first kappa shape index (κ1) is 15.2. The summed E-state index contributed by atoms with van der Waals surface area (Å²) in [7, 11) is 1.54. The summed E-state index contributed by atoms with van der Waals surface area (Å²) in [6.07, 6.45) is -0.534. The second-order valence-corrected chi connectivity index (χ2v) is 3.97. The maximum absolute atomic E-state index is 11.8. The van der Waals surface area contributed by atoms with Gasteiger partial charge < -0.3 is 20.5 Å². The number of carbonyl (C=O) groups excluding carboxylic acids is 1. The molecule has 1 aromatic rings. The van der Waals surface area contributed by atoms with Crippen molar-refractivity contribution in [2.45, 2.75) is 12.5 Å². The minimum absolute atomic E-state index is 0.0780. The minimum Gasteiger partial charge on any atom is -0.497 e. The highest BCUT2D eigenvalue weighted by Gasteiger charge is 2.09. The van der Waals surface area contributed by atoms with Gasteiger partial charge in [-0.25, -0.2) is 4.79 Å². The number of rotatable bonds is 7. The van der Waals surface area contributed by atoms with Gasteiger partial charge >= 0.3 is 6.03 Å². The number of benzene rings is 1. The van der Waals surface area contributed by atoms with Crippen molar-refractivity contribution in [1.29, 1.82) is 0 Å². The van der Waals surface area contributed by atoms with E-state index in [9.17, 15) is 14.3 Å². The molecule has 0 aliphatic heterocycles. The molecule has 5 nitrogen and oxygen atoms in total. The zero-order valence-corrected chi connectivity index (χ0v) is 10.9. The van der Waals surface area contributed by atoms with E-state index in [1.165, 1.54) is 0 Å². The van der Waals surface area contributed by atoms with E-state index in [-0.39, 0.29) is 19.5 Å². The first-order valence-electron chi connectivity index (χ1n) is 6.07. The van der Waals surface area contributed by atoms with Gasteiger partial charge in [0.05, 0.1) is 19.9 Å². The lowest BCUT2D eigenvalue weighted by molar-refractivity contribution is 0.172. The zero-order chi connectivity index (χ0) is 14.1. The number of methoxy groups -OCH3 is 1. The van der Waals surface area contributed by atoms with Gasteiger partial charge in [0.1, 0.15) is 5.75 Å². The molecule has 0 spiro atoms. The van der Waals surface area contributed by atoms with Gasteiger partial charge in [-0.1, -0.05) is 12.1 Å². The Morgan fingerprint density at radius 3 is 2.95 bits per heavy atom. The predicted molar refractivity (Wildman–Crippen MR) is 69.9 cm³/mol. The predicted octanol–water partition coefficient (Wildman–Crippen LogP) is 1.39. The van der Waals surface area contributed by atoms with Gasteiger partial charge in [0.25, 0.3) is 0 Å². The highest BCUT2D eigenvalue weighted by molar-refractivity contribution is 5.73. The minimum atomic E-state index is -0.818. The number of nitrogens with one attached hydrogen (secondary N) is 2. The number of hydrogen-bond donors (Lipinski definition) is 3. The molecule has 0 aliphatic carbocycles. The normalized spacial score (nSPS) is 11.7. The Bertz CT molecular complexity index is 401. The molecular formula is C13H19FN2O3. The monoisotopic (exact) mass is 270 g/mol. The molecule has 1 rings (SSSR count). The third-order valence-corrected chi connectivity index (χ3v) is 2.53. The summed E-state index contributed by atoms with van der Waals surface area (Å²) >= 11 is 0. The lowest BCUT2D eigenvalue weighted by Crippen LogP contribution is -2.38. The van der Waals surface area contributed by atoms with Crippen molar-refractivity contribution in [3.8, 4) is 5.75 Å². The molecule has 0 saturated heterocycles. The molecule has 106 valence electrons. The van der Waals surface area contributed by atoms with E-state index in [0.29, 0.717) is 11.3 Å². The molecule has 6 heteroatoms. The molecule has 3 N–H and O–H groups in total. The Balaban J connectivity index is 2.37. The maximum atomic E-state index is 11.8. The van der Waals surface area contributed by atoms with Crippen LogP contribution in [0.2, 0.25) is 0 Å². The molecule has 0 radical (unpaired) electrons. The quantitative estimate of drug-likeness (QED) is 0.656. The van der Waals surface area contributed by atoms with Crippen LogP contribution in [-0.2, 0) is 0 Å². The number of urea groups is 1. The molecule has 0 aromatic heterocycles. The first-order chi connectivity index (χ1) is 9.17. The Hall–Kier alpha value is -1.82. The molecule has 1 aromatic carbocycles. The van der Waals surface area contributed by atoms with E-state index in [0.717, 1.165) is 0 Å². The Morgan fingerprint density at radius 1 is 1.47 bits per heavy atom. The topological polar surface area (TPSA) is 70.6 Å². The van der Waals surface area contributed by atoms with E-state index in [1.54, 1.807) is 31.4 Å². The average Bonchev–Trinajstić information content (AvgIpc) is 2.45. The number of carbonyl (C=O) groups is 1. The van der Waals surface area contributed by atoms with Crippen LogP contribution in [0.5, 0.6) is 5.75 Å². The largest absolute Gasteiger partial charge is 0.497 e. The fourth-order valence-electron chi connectivity index (χ4n) is 1.49. The van der Waals surface area contributed by atoms with Gasteiger partial charge in [-0.2, -0.15) is 0 Å². The summed E-state index contributed by atoms with van der Waals surface area (Å²) in [5, 5.41) is 14.9. The number of aliphatic hydroxyl groups excluding tert-OH is 1. The molecule has 0 bridgehead atoms. The molecule has 0 heterocycles. The van der Waals surface area contributed by atoms with Gasteiger partial charge in [0.2, 0.25) is 0 Å². The fourth-order valence-corrected chi connectivity index (χ4v) is 1.49. The number of aliphatic hydroxyl groups is 1. The Kier molecular flexibility index (Phi) is 6.67. The smallest absolute Gasteiger partial charge is 0.314 e. The first-order valence-corrected chi connectivity index (χ1v) is 6.07. The van der Waals surface area contributed by atoms with E-state index in [1.807, 2.05) is 0 Å². The maximum Gasteiger partial charge on any atom is 0.314 e. The molecule has 0 fully saturated rings. The van der Waals surface area contributed by atoms with Crippen LogP contribution in [0.4, 0.5) is 9.18 Å². The standard InChI is InChI=1S/C13H19FN2O3/c1-19-11-5-2-4-10(8-11)12(17)9-16-13(18)15-7-3-6-14/h2,4-5,8,12,17H,3,6-7,9H2,1H3,(H2,15,16,18). The van der Waals surface area contributed by atoms with Crippen LogP contribution >= 0.6 is 0 Å². The van der Waals surface area contributed by atoms with E-state index < -0.39 is 18.8 Å². The Labute approximate surface area is 111 Å². The third kappa shape index (κ3) is 5.56. The number of hydrogen-bond acceptors (Lipinski definition) is 3. The lowest BCUT2D eigenvalue weighted by atomic mass is 10.1. The van der Waals surface area contributed by atoms with Crippen molar-refractivity contribution < 1.29 is 19.0 Å². The van der Waals surface area contributed by atoms with Crippen molar-refractivity contribution in [3.63, 3.8) is 0 Å². The van der Waals surface area contributed by atoms with E-state index in [4.69, 9.17) is 4.74 Å². The SMILES string of the molecule is COc1cccc(C(O)CNC(=O)NCCCF)c1. The van der Waals surface area contributed by atoms with Crippen LogP contribution in [0.25, 0.3) is 0 Å². The van der Waals surface area contributed by atoms with Gasteiger partial charge in [0.15, 0.2) is 0 Å². The van der Waals surface area contributed by atoms with Crippen LogP contribution in [-0.4, -0.2) is 38.0 Å². The van der Waals surface area contributed by atoms with Crippen molar-refractivity contribution in [1.82, 2.24) is 10.6 Å². The average molecular weight is 270 g/mol. The van der Waals surface area contributed by atoms with Crippen molar-refractivity contribution in [2.24, 2.45) is 0 Å². The van der Waals surface area contributed by atoms with Crippen LogP contribution in [0.1, 0.15) is 18.1 Å². The summed E-state index contributed by atoms with van der Waals surface area (Å²) in [5.41, 5.74) is 0.656. The summed E-state index contributed by atoms with van der Waals surface area (Å²) < 4.78 is 16.9. The molecule has 2 amide bonds. The Morgan fingerprint density at radius 2 is 2.26 bits per heavy atom. The van der Waals surface area contributed by atoms with Crippen molar-refractivity contribution >= 4 is 6.03 Å². The molecule has 1 atom stereocenters. The number of alkyl halides is 1. The highest BCUT2D eigenvalue weighted by Crippen LogP contribution is 2.18. The summed E-state index contributed by atoms with van der Waals surface area (Å²) in [6, 6.07) is 6.56. The highest BCUT2D eigenvalue weighted by atomic mass is 19.1. The second kappa shape index (κ2) is 8.31. The second-order valence-electron chi connectivity index (χ2n) is 3.97.